The Bertz CT molecular complexity index is 481. The third kappa shape index (κ3) is 5.63. The second kappa shape index (κ2) is 9.18. The second-order valence-electron chi connectivity index (χ2n) is 5.90. The van der Waals surface area contributed by atoms with Gasteiger partial charge < -0.3 is 15.3 Å². The molecule has 0 spiro atoms. The van der Waals surface area contributed by atoms with Crippen LogP contribution in [0.15, 0.2) is 29.2 Å². The van der Waals surface area contributed by atoms with Crippen molar-refractivity contribution in [3.63, 3.8) is 0 Å². The van der Waals surface area contributed by atoms with E-state index in [1.165, 1.54) is 10.5 Å². The maximum Gasteiger partial charge on any atom is 0.230 e. The molecule has 1 heterocycles. The van der Waals surface area contributed by atoms with Crippen LogP contribution in [0.1, 0.15) is 18.4 Å². The predicted octanol–water partition coefficient (Wildman–Crippen LogP) is 1.91. The number of benzene rings is 1. The fraction of sp³-hybridized carbons (Fsp3) is 0.588. The third-order valence-electron chi connectivity index (χ3n) is 4.06. The smallest absolute Gasteiger partial charge is 0.230 e. The summed E-state index contributed by atoms with van der Waals surface area (Å²) in [6.45, 7) is 5.92. The van der Waals surface area contributed by atoms with E-state index in [-0.39, 0.29) is 12.5 Å². The second-order valence-corrected chi connectivity index (χ2v) is 6.91. The molecule has 1 saturated heterocycles. The van der Waals surface area contributed by atoms with Crippen LogP contribution < -0.4 is 5.32 Å². The van der Waals surface area contributed by atoms with Gasteiger partial charge in [-0.1, -0.05) is 18.2 Å². The van der Waals surface area contributed by atoms with Gasteiger partial charge in [-0.25, -0.2) is 0 Å². The first-order chi connectivity index (χ1) is 10.7. The number of aliphatic hydroxyl groups excluding tert-OH is 1. The molecule has 22 heavy (non-hydrogen) atoms. The van der Waals surface area contributed by atoms with Gasteiger partial charge in [0.2, 0.25) is 5.91 Å². The lowest BCUT2D eigenvalue weighted by molar-refractivity contribution is -0.118. The Labute approximate surface area is 137 Å². The molecule has 0 aliphatic carbocycles. The van der Waals surface area contributed by atoms with Crippen molar-refractivity contribution >= 4 is 17.7 Å². The van der Waals surface area contributed by atoms with E-state index in [0.717, 1.165) is 32.5 Å². The monoisotopic (exact) mass is 322 g/mol. The van der Waals surface area contributed by atoms with Gasteiger partial charge in [-0.2, -0.15) is 0 Å². The molecule has 0 unspecified atom stereocenters. The Balaban J connectivity index is 1.63. The Hall–Kier alpha value is -1.04. The first kappa shape index (κ1) is 17.3. The van der Waals surface area contributed by atoms with Gasteiger partial charge in [-0.3, -0.25) is 4.79 Å². The van der Waals surface area contributed by atoms with Crippen LogP contribution in [0.5, 0.6) is 0 Å². The average molecular weight is 322 g/mol. The molecule has 2 N–H and O–H groups in total. The average Bonchev–Trinajstić information content (AvgIpc) is 2.54. The van der Waals surface area contributed by atoms with Crippen molar-refractivity contribution in [1.29, 1.82) is 0 Å². The number of hydrogen-bond donors (Lipinski definition) is 2. The van der Waals surface area contributed by atoms with Crippen LogP contribution in [-0.4, -0.2) is 54.5 Å². The number of aliphatic hydroxyl groups is 1. The summed E-state index contributed by atoms with van der Waals surface area (Å²) in [5.74, 6) is 0.953. The molecule has 1 aliphatic heterocycles. The Morgan fingerprint density at radius 3 is 3.05 bits per heavy atom. The fourth-order valence-electron chi connectivity index (χ4n) is 2.77. The van der Waals surface area contributed by atoms with Crippen LogP contribution in [0.25, 0.3) is 0 Å². The van der Waals surface area contributed by atoms with Crippen LogP contribution in [0.2, 0.25) is 0 Å². The van der Waals surface area contributed by atoms with E-state index < -0.39 is 0 Å². The van der Waals surface area contributed by atoms with E-state index >= 15 is 0 Å². The van der Waals surface area contributed by atoms with E-state index in [1.807, 2.05) is 12.1 Å². The number of carbonyl (C=O) groups excluding carboxylic acids is 1. The normalized spacial score (nSPS) is 19.1. The highest BCUT2D eigenvalue weighted by Gasteiger charge is 2.18. The maximum absolute atomic E-state index is 11.9. The molecular weight excluding hydrogens is 296 g/mol. The molecule has 1 aromatic rings. The van der Waals surface area contributed by atoms with Crippen molar-refractivity contribution in [3.8, 4) is 0 Å². The van der Waals surface area contributed by atoms with Gasteiger partial charge in [-0.05, 0) is 43.9 Å². The number of nitrogens with zero attached hydrogens (tertiary/aromatic N) is 1. The molecule has 0 saturated carbocycles. The van der Waals surface area contributed by atoms with Gasteiger partial charge in [0.1, 0.15) is 0 Å². The van der Waals surface area contributed by atoms with Gasteiger partial charge in [-0.15, -0.1) is 11.8 Å². The highest BCUT2D eigenvalue weighted by atomic mass is 32.2. The van der Waals surface area contributed by atoms with Crippen LogP contribution >= 0.6 is 11.8 Å². The van der Waals surface area contributed by atoms with Crippen molar-refractivity contribution < 1.29 is 9.90 Å². The van der Waals surface area contributed by atoms with E-state index in [0.29, 0.717) is 18.2 Å². The standard InChI is InChI=1S/C17H26N2O2S/c1-14-5-2-3-7-16(14)22-13-17(21)18-8-10-19-9-4-6-15(11-19)12-20/h2-3,5,7,15,20H,4,6,8-13H2,1H3,(H,18,21)/t15-/m0/s1. The number of nitrogens with one attached hydrogen (secondary N) is 1. The number of hydrogen-bond acceptors (Lipinski definition) is 4. The zero-order valence-electron chi connectivity index (χ0n) is 13.3. The summed E-state index contributed by atoms with van der Waals surface area (Å²) >= 11 is 1.59. The van der Waals surface area contributed by atoms with Crippen LogP contribution in [0.3, 0.4) is 0 Å². The topological polar surface area (TPSA) is 52.6 Å². The van der Waals surface area contributed by atoms with E-state index in [9.17, 15) is 9.90 Å². The first-order valence-corrected chi connectivity index (χ1v) is 8.96. The summed E-state index contributed by atoms with van der Waals surface area (Å²) in [5.41, 5.74) is 1.21. The number of piperidine rings is 1. The Kier molecular flexibility index (Phi) is 7.22. The molecule has 5 heteroatoms. The Morgan fingerprint density at radius 2 is 2.27 bits per heavy atom. The van der Waals surface area contributed by atoms with Gasteiger partial charge in [0.15, 0.2) is 0 Å². The summed E-state index contributed by atoms with van der Waals surface area (Å²) < 4.78 is 0. The molecule has 4 nitrogen and oxygen atoms in total. The minimum atomic E-state index is 0.0870. The fourth-order valence-corrected chi connectivity index (χ4v) is 3.63. The SMILES string of the molecule is Cc1ccccc1SCC(=O)NCCN1CCC[C@H](CO)C1. The number of carbonyl (C=O) groups is 1. The number of aryl methyl sites for hydroxylation is 1. The van der Waals surface area contributed by atoms with Crippen molar-refractivity contribution in [2.24, 2.45) is 5.92 Å². The minimum Gasteiger partial charge on any atom is -0.396 e. The predicted molar refractivity (Wildman–Crippen MR) is 91.2 cm³/mol. The molecular formula is C17H26N2O2S. The molecule has 1 fully saturated rings. The van der Waals surface area contributed by atoms with Crippen molar-refractivity contribution in [2.75, 3.05) is 38.5 Å². The lowest BCUT2D eigenvalue weighted by Gasteiger charge is -2.31. The molecule has 1 aliphatic rings. The van der Waals surface area contributed by atoms with Crippen LogP contribution in [-0.2, 0) is 4.79 Å². The summed E-state index contributed by atoms with van der Waals surface area (Å²) in [5, 5.41) is 12.2. The number of amides is 1. The quantitative estimate of drug-likeness (QED) is 0.753. The van der Waals surface area contributed by atoms with Crippen molar-refractivity contribution in [3.05, 3.63) is 29.8 Å². The van der Waals surface area contributed by atoms with Crippen molar-refractivity contribution in [2.45, 2.75) is 24.7 Å². The molecule has 1 aromatic carbocycles. The van der Waals surface area contributed by atoms with Gasteiger partial charge in [0, 0.05) is 31.1 Å². The number of likely N-dealkylation sites (tertiary alicyclic amines) is 1. The zero-order valence-corrected chi connectivity index (χ0v) is 14.1. The molecule has 0 radical (unpaired) electrons. The minimum absolute atomic E-state index is 0.0870. The largest absolute Gasteiger partial charge is 0.396 e. The summed E-state index contributed by atoms with van der Waals surface area (Å²) in [6, 6.07) is 8.13. The van der Waals surface area contributed by atoms with Gasteiger partial charge in [0.25, 0.3) is 0 Å². The summed E-state index contributed by atoms with van der Waals surface area (Å²) in [4.78, 5) is 15.4. The highest BCUT2D eigenvalue weighted by molar-refractivity contribution is 8.00. The molecule has 1 atom stereocenters. The first-order valence-electron chi connectivity index (χ1n) is 7.97. The number of thioether (sulfide) groups is 1. The van der Waals surface area contributed by atoms with Gasteiger partial charge in [0.05, 0.1) is 5.75 Å². The molecule has 2 rings (SSSR count). The zero-order chi connectivity index (χ0) is 15.8. The molecule has 1 amide bonds. The van der Waals surface area contributed by atoms with E-state index in [4.69, 9.17) is 0 Å². The van der Waals surface area contributed by atoms with E-state index in [2.05, 4.69) is 29.3 Å². The lowest BCUT2D eigenvalue weighted by Crippen LogP contribution is -2.41. The molecule has 0 bridgehead atoms. The maximum atomic E-state index is 11.9. The Morgan fingerprint density at radius 1 is 1.45 bits per heavy atom. The molecule has 0 aromatic heterocycles. The summed E-state index contributed by atoms with van der Waals surface area (Å²) in [6.07, 6.45) is 2.26. The summed E-state index contributed by atoms with van der Waals surface area (Å²) in [7, 11) is 0. The lowest BCUT2D eigenvalue weighted by atomic mass is 9.99. The molecule has 122 valence electrons. The third-order valence-corrected chi connectivity index (χ3v) is 5.24. The van der Waals surface area contributed by atoms with Crippen LogP contribution in [0, 0.1) is 12.8 Å². The van der Waals surface area contributed by atoms with Gasteiger partial charge >= 0.3 is 0 Å². The number of rotatable bonds is 7. The van der Waals surface area contributed by atoms with Crippen LogP contribution in [0.4, 0.5) is 0 Å². The van der Waals surface area contributed by atoms with E-state index in [1.54, 1.807) is 11.8 Å². The van der Waals surface area contributed by atoms with Crippen molar-refractivity contribution in [1.82, 2.24) is 10.2 Å². The highest BCUT2D eigenvalue weighted by Crippen LogP contribution is 2.21.